The van der Waals surface area contributed by atoms with Crippen LogP contribution >= 0.6 is 0 Å². The smallest absolute Gasteiger partial charge is 0.171 e. The van der Waals surface area contributed by atoms with Crippen LogP contribution in [0.1, 0.15) is 25.0 Å². The fourth-order valence-corrected chi connectivity index (χ4v) is 2.13. The van der Waals surface area contributed by atoms with Gasteiger partial charge in [0.25, 0.3) is 0 Å². The maximum absolute atomic E-state index is 5.61. The zero-order valence-electron chi connectivity index (χ0n) is 13.0. The number of hydrogen-bond donors (Lipinski definition) is 0. The topological polar surface area (TPSA) is 26.0 Å². The van der Waals surface area contributed by atoms with Crippen molar-refractivity contribution in [1.82, 2.24) is 4.98 Å². The van der Waals surface area contributed by atoms with Gasteiger partial charge in [-0.2, -0.15) is 0 Å². The molecule has 112 valence electrons. The zero-order chi connectivity index (χ0) is 14.9. The molecule has 2 heterocycles. The molecule has 0 saturated carbocycles. The van der Waals surface area contributed by atoms with E-state index in [0.717, 1.165) is 32.6 Å². The summed E-state index contributed by atoms with van der Waals surface area (Å²) in [6.07, 6.45) is 10.1. The van der Waals surface area contributed by atoms with E-state index in [1.807, 2.05) is 12.4 Å². The third-order valence-corrected chi connectivity index (χ3v) is 3.36. The van der Waals surface area contributed by atoms with Crippen molar-refractivity contribution >= 4 is 0 Å². The summed E-state index contributed by atoms with van der Waals surface area (Å²) < 4.78 is 7.78. The Labute approximate surface area is 127 Å². The molecule has 0 bridgehead atoms. The minimum absolute atomic E-state index is 0.602. The molecule has 2 aromatic rings. The maximum Gasteiger partial charge on any atom is 0.171 e. The fraction of sp³-hybridized carbons (Fsp3) is 0.444. The Hall–Kier alpha value is -1.74. The lowest BCUT2D eigenvalue weighted by Crippen LogP contribution is -2.35. The van der Waals surface area contributed by atoms with Crippen molar-refractivity contribution in [3.8, 4) is 0 Å². The summed E-state index contributed by atoms with van der Waals surface area (Å²) in [5, 5.41) is 0. The van der Waals surface area contributed by atoms with Crippen molar-refractivity contribution < 1.29 is 9.30 Å². The average Bonchev–Trinajstić information content (AvgIpc) is 2.51. The second kappa shape index (κ2) is 8.53. The number of aromatic nitrogens is 2. The highest BCUT2D eigenvalue weighted by Crippen LogP contribution is 2.04. The van der Waals surface area contributed by atoms with Crippen LogP contribution in [0.5, 0.6) is 0 Å². The Morgan fingerprint density at radius 1 is 1.00 bits per heavy atom. The van der Waals surface area contributed by atoms with Gasteiger partial charge in [-0.15, -0.1) is 0 Å². The number of aryl methyl sites for hydroxylation is 2. The van der Waals surface area contributed by atoms with E-state index >= 15 is 0 Å². The van der Waals surface area contributed by atoms with Gasteiger partial charge in [0.1, 0.15) is 6.61 Å². The summed E-state index contributed by atoms with van der Waals surface area (Å²) in [7, 11) is 0. The van der Waals surface area contributed by atoms with Crippen LogP contribution in [0, 0.1) is 5.92 Å². The monoisotopic (exact) mass is 285 g/mol. The number of pyridine rings is 2. The second-order valence-electron chi connectivity index (χ2n) is 5.77. The largest absolute Gasteiger partial charge is 0.375 e. The number of hydrogen-bond acceptors (Lipinski definition) is 2. The minimum Gasteiger partial charge on any atom is -0.375 e. The molecule has 2 rings (SSSR count). The van der Waals surface area contributed by atoms with Crippen molar-refractivity contribution in [2.24, 2.45) is 5.92 Å². The summed E-state index contributed by atoms with van der Waals surface area (Å²) in [5.74, 6) is 0.602. The molecule has 0 saturated heterocycles. The van der Waals surface area contributed by atoms with Crippen LogP contribution in [0.3, 0.4) is 0 Å². The normalized spacial score (nSPS) is 11.0. The highest BCUT2D eigenvalue weighted by Gasteiger charge is 2.02. The molecule has 3 heteroatoms. The van der Waals surface area contributed by atoms with Crippen molar-refractivity contribution in [3.63, 3.8) is 0 Å². The molecule has 0 amide bonds. The second-order valence-corrected chi connectivity index (χ2v) is 5.77. The number of nitrogens with zero attached hydrogens (tertiary/aromatic N) is 2. The van der Waals surface area contributed by atoms with Crippen LogP contribution < -0.4 is 4.57 Å². The Bertz CT molecular complexity index is 509. The van der Waals surface area contributed by atoms with Crippen molar-refractivity contribution in [2.75, 3.05) is 13.2 Å². The van der Waals surface area contributed by atoms with Gasteiger partial charge in [0.05, 0.1) is 0 Å². The van der Waals surface area contributed by atoms with Crippen molar-refractivity contribution in [2.45, 2.75) is 33.2 Å². The van der Waals surface area contributed by atoms with E-state index in [4.69, 9.17) is 4.74 Å². The molecule has 0 radical (unpaired) electrons. The number of ether oxygens (including phenoxy) is 1. The lowest BCUT2D eigenvalue weighted by molar-refractivity contribution is -0.698. The Morgan fingerprint density at radius 3 is 2.24 bits per heavy atom. The molecule has 21 heavy (non-hydrogen) atoms. The molecule has 3 nitrogen and oxygen atoms in total. The van der Waals surface area contributed by atoms with E-state index < -0.39 is 0 Å². The molecule has 0 aliphatic carbocycles. The summed E-state index contributed by atoms with van der Waals surface area (Å²) in [6.45, 7) is 6.87. The van der Waals surface area contributed by atoms with Gasteiger partial charge in [-0.1, -0.05) is 13.8 Å². The van der Waals surface area contributed by atoms with E-state index in [0.29, 0.717) is 5.92 Å². The van der Waals surface area contributed by atoms with E-state index in [-0.39, 0.29) is 0 Å². The molecule has 0 spiro atoms. The first-order chi connectivity index (χ1) is 10.2. The van der Waals surface area contributed by atoms with Crippen LogP contribution in [-0.2, 0) is 24.1 Å². The molecule has 0 fully saturated rings. The Kier molecular flexibility index (Phi) is 6.35. The molecule has 0 unspecified atom stereocenters. The van der Waals surface area contributed by atoms with Gasteiger partial charge in [-0.25, -0.2) is 4.57 Å². The maximum atomic E-state index is 5.61. The average molecular weight is 285 g/mol. The van der Waals surface area contributed by atoms with E-state index in [1.54, 1.807) is 0 Å². The molecular formula is C18H25N2O+. The molecule has 0 N–H and O–H groups in total. The Morgan fingerprint density at radius 2 is 1.62 bits per heavy atom. The van der Waals surface area contributed by atoms with Crippen molar-refractivity contribution in [1.29, 1.82) is 0 Å². The van der Waals surface area contributed by atoms with E-state index in [1.165, 1.54) is 11.1 Å². The number of rotatable bonds is 8. The van der Waals surface area contributed by atoms with Crippen LogP contribution in [-0.4, -0.2) is 18.2 Å². The predicted octanol–water partition coefficient (Wildman–Crippen LogP) is 2.83. The van der Waals surface area contributed by atoms with E-state index in [2.05, 4.69) is 60.1 Å². The van der Waals surface area contributed by atoms with Crippen LogP contribution in [0.25, 0.3) is 0 Å². The van der Waals surface area contributed by atoms with Gasteiger partial charge in [0.15, 0.2) is 18.9 Å². The third-order valence-electron chi connectivity index (χ3n) is 3.36. The van der Waals surface area contributed by atoms with E-state index in [9.17, 15) is 0 Å². The minimum atomic E-state index is 0.602. The van der Waals surface area contributed by atoms with Gasteiger partial charge in [-0.3, -0.25) is 4.98 Å². The first-order valence-corrected chi connectivity index (χ1v) is 7.68. The van der Waals surface area contributed by atoms with Crippen LogP contribution in [0.2, 0.25) is 0 Å². The highest BCUT2D eigenvalue weighted by molar-refractivity contribution is 5.14. The third kappa shape index (κ3) is 6.05. The van der Waals surface area contributed by atoms with Crippen LogP contribution in [0.15, 0.2) is 49.1 Å². The zero-order valence-corrected chi connectivity index (χ0v) is 13.0. The highest BCUT2D eigenvalue weighted by atomic mass is 16.5. The summed E-state index contributed by atoms with van der Waals surface area (Å²) in [4.78, 5) is 4.04. The molecule has 2 aromatic heterocycles. The van der Waals surface area contributed by atoms with Gasteiger partial charge in [0, 0.05) is 31.1 Å². The molecule has 0 atom stereocenters. The Balaban J connectivity index is 1.74. The first-order valence-electron chi connectivity index (χ1n) is 7.68. The van der Waals surface area contributed by atoms with Crippen molar-refractivity contribution in [3.05, 3.63) is 60.2 Å². The standard InChI is InChI=1S/C18H25N2O/c1-16(2)15-21-14-13-20-11-7-18(8-12-20)4-3-17-5-9-19-10-6-17/h5-12,16H,3-4,13-15H2,1-2H3/q+1. The van der Waals surface area contributed by atoms with Gasteiger partial charge >= 0.3 is 0 Å². The molecule has 0 aliphatic rings. The predicted molar refractivity (Wildman–Crippen MR) is 83.9 cm³/mol. The van der Waals surface area contributed by atoms with Gasteiger partial charge in [0.2, 0.25) is 0 Å². The molecule has 0 aromatic carbocycles. The SMILES string of the molecule is CC(C)COCC[n+]1ccc(CCc2ccncc2)cc1. The fourth-order valence-electron chi connectivity index (χ4n) is 2.13. The summed E-state index contributed by atoms with van der Waals surface area (Å²) >= 11 is 0. The van der Waals surface area contributed by atoms with Gasteiger partial charge in [-0.05, 0) is 42.0 Å². The summed E-state index contributed by atoms with van der Waals surface area (Å²) in [6, 6.07) is 8.55. The quantitative estimate of drug-likeness (QED) is 0.550. The molecular weight excluding hydrogens is 260 g/mol. The van der Waals surface area contributed by atoms with Crippen LogP contribution in [0.4, 0.5) is 0 Å². The lowest BCUT2D eigenvalue weighted by Gasteiger charge is -2.05. The van der Waals surface area contributed by atoms with Gasteiger partial charge < -0.3 is 4.74 Å². The summed E-state index contributed by atoms with van der Waals surface area (Å²) in [5.41, 5.74) is 2.70. The first kappa shape index (κ1) is 15.6. The molecule has 0 aliphatic heterocycles. The lowest BCUT2D eigenvalue weighted by atomic mass is 10.1.